The number of halogens is 4. The molecular weight excluding hydrogens is 581 g/mol. The van der Waals surface area contributed by atoms with E-state index in [2.05, 4.69) is 15.8 Å². The minimum Gasteiger partial charge on any atom is -0.392 e. The molecule has 2 atom stereocenters. The molecule has 0 saturated heterocycles. The molecule has 0 saturated carbocycles. The van der Waals surface area contributed by atoms with Crippen molar-refractivity contribution in [1.82, 2.24) is 10.3 Å². The van der Waals surface area contributed by atoms with Gasteiger partial charge in [-0.3, -0.25) is 14.5 Å². The molecule has 13 heteroatoms. The van der Waals surface area contributed by atoms with Crippen molar-refractivity contribution in [3.05, 3.63) is 85.6 Å². The zero-order chi connectivity index (χ0) is 30.3. The molecule has 2 aromatic carbocycles. The minimum atomic E-state index is -4.64. The quantitative estimate of drug-likeness (QED) is 0.174. The van der Waals surface area contributed by atoms with Gasteiger partial charge in [0.25, 0.3) is 11.8 Å². The number of benzene rings is 2. The van der Waals surface area contributed by atoms with Gasteiger partial charge in [0.05, 0.1) is 34.7 Å². The van der Waals surface area contributed by atoms with Crippen molar-refractivity contribution in [3.63, 3.8) is 0 Å². The van der Waals surface area contributed by atoms with Crippen LogP contribution in [0.3, 0.4) is 0 Å². The maximum Gasteiger partial charge on any atom is 0.417 e. The highest BCUT2D eigenvalue weighted by molar-refractivity contribution is 7.13. The van der Waals surface area contributed by atoms with Crippen LogP contribution in [-0.4, -0.2) is 58.4 Å². The van der Waals surface area contributed by atoms with E-state index in [-0.39, 0.29) is 16.1 Å². The van der Waals surface area contributed by atoms with Crippen LogP contribution in [0, 0.1) is 6.92 Å². The largest absolute Gasteiger partial charge is 0.417 e. The SMILES string of the molecule is Cc1csc(C(=O)N/N=C/c2ccc(Cl)c(C(F)(F)F)c2)c1NC(=O)c1cccc(CN(CC(C)O)CC(C)O)c1. The Kier molecular flexibility index (Phi) is 11.0. The van der Waals surface area contributed by atoms with Gasteiger partial charge in [-0.15, -0.1) is 11.3 Å². The smallest absolute Gasteiger partial charge is 0.392 e. The van der Waals surface area contributed by atoms with Gasteiger partial charge in [0.1, 0.15) is 4.88 Å². The number of anilines is 1. The molecule has 3 rings (SSSR count). The Morgan fingerprint density at radius 1 is 1.10 bits per heavy atom. The molecule has 41 heavy (non-hydrogen) atoms. The predicted molar refractivity (Wildman–Crippen MR) is 154 cm³/mol. The molecule has 4 N–H and O–H groups in total. The van der Waals surface area contributed by atoms with Crippen LogP contribution in [0.5, 0.6) is 0 Å². The summed E-state index contributed by atoms with van der Waals surface area (Å²) in [6.07, 6.45) is -4.77. The number of aryl methyl sites for hydroxylation is 1. The van der Waals surface area contributed by atoms with Crippen molar-refractivity contribution >= 4 is 46.7 Å². The third kappa shape index (κ3) is 9.37. The Balaban J connectivity index is 1.71. The van der Waals surface area contributed by atoms with Gasteiger partial charge >= 0.3 is 6.18 Å². The second kappa shape index (κ2) is 14.1. The highest BCUT2D eigenvalue weighted by Gasteiger charge is 2.33. The molecule has 3 aromatic rings. The van der Waals surface area contributed by atoms with E-state index in [1.54, 1.807) is 44.4 Å². The predicted octanol–water partition coefficient (Wildman–Crippen LogP) is 5.31. The molecule has 0 bridgehead atoms. The summed E-state index contributed by atoms with van der Waals surface area (Å²) in [6.45, 7) is 6.12. The molecule has 0 aliphatic rings. The molecule has 1 heterocycles. The topological polar surface area (TPSA) is 114 Å². The van der Waals surface area contributed by atoms with E-state index in [0.29, 0.717) is 30.8 Å². The molecule has 8 nitrogen and oxygen atoms in total. The number of aliphatic hydroxyl groups is 2. The molecular formula is C28H30ClF3N4O4S. The van der Waals surface area contributed by atoms with Gasteiger partial charge in [0, 0.05) is 25.2 Å². The van der Waals surface area contributed by atoms with E-state index in [0.717, 1.165) is 35.2 Å². The van der Waals surface area contributed by atoms with Crippen LogP contribution >= 0.6 is 22.9 Å². The second-order valence-electron chi connectivity index (χ2n) is 9.61. The average molecular weight is 611 g/mol. The number of amides is 2. The van der Waals surface area contributed by atoms with Crippen LogP contribution in [0.1, 0.15) is 56.1 Å². The number of hydrogen-bond donors (Lipinski definition) is 4. The van der Waals surface area contributed by atoms with Crippen LogP contribution < -0.4 is 10.7 Å². The van der Waals surface area contributed by atoms with Gasteiger partial charge in [-0.25, -0.2) is 5.43 Å². The van der Waals surface area contributed by atoms with Crippen LogP contribution in [0.4, 0.5) is 18.9 Å². The van der Waals surface area contributed by atoms with Gasteiger partial charge in [-0.2, -0.15) is 18.3 Å². The lowest BCUT2D eigenvalue weighted by Gasteiger charge is -2.25. The third-order valence-electron chi connectivity index (χ3n) is 5.74. The number of hydrogen-bond acceptors (Lipinski definition) is 7. The first-order chi connectivity index (χ1) is 19.2. The second-order valence-corrected chi connectivity index (χ2v) is 10.9. The molecule has 0 fully saturated rings. The number of carbonyl (C=O) groups excluding carboxylic acids is 2. The number of nitrogens with one attached hydrogen (secondary N) is 2. The summed E-state index contributed by atoms with van der Waals surface area (Å²) in [5.41, 5.74) is 3.41. The molecule has 1 aromatic heterocycles. The highest BCUT2D eigenvalue weighted by atomic mass is 35.5. The van der Waals surface area contributed by atoms with E-state index >= 15 is 0 Å². The van der Waals surface area contributed by atoms with Gasteiger partial charge in [-0.1, -0.05) is 29.8 Å². The van der Waals surface area contributed by atoms with E-state index in [9.17, 15) is 33.0 Å². The van der Waals surface area contributed by atoms with Crippen molar-refractivity contribution in [2.45, 2.75) is 45.7 Å². The first-order valence-electron chi connectivity index (χ1n) is 12.5. The van der Waals surface area contributed by atoms with Crippen LogP contribution in [0.15, 0.2) is 52.9 Å². The Labute approximate surface area is 244 Å². The number of rotatable bonds is 11. The zero-order valence-electron chi connectivity index (χ0n) is 22.5. The number of alkyl halides is 3. The first kappa shape index (κ1) is 32.2. The number of thiophene rings is 1. The van der Waals surface area contributed by atoms with Crippen molar-refractivity contribution in [2.75, 3.05) is 18.4 Å². The lowest BCUT2D eigenvalue weighted by molar-refractivity contribution is -0.137. The van der Waals surface area contributed by atoms with Gasteiger partial charge in [0.15, 0.2) is 0 Å². The van der Waals surface area contributed by atoms with Gasteiger partial charge in [0.2, 0.25) is 0 Å². The first-order valence-corrected chi connectivity index (χ1v) is 13.8. The summed E-state index contributed by atoms with van der Waals surface area (Å²) in [5.74, 6) is -1.11. The standard InChI is InChI=1S/C28H30ClF3N4O4S/c1-16-15-41-25(27(40)35-33-11-19-7-8-23(29)22(10-19)28(30,31)32)24(16)34-26(39)21-6-4-5-20(9-21)14-36(12-17(2)37)13-18(3)38/h4-11,15,17-18,37-38H,12-14H2,1-3H3,(H,34,39)(H,35,40)/b33-11+. The normalized spacial score (nSPS) is 13.4. The Morgan fingerprint density at radius 3 is 2.41 bits per heavy atom. The van der Waals surface area contributed by atoms with E-state index < -0.39 is 40.8 Å². The number of nitrogens with zero attached hydrogens (tertiary/aromatic N) is 2. The molecule has 0 aliphatic carbocycles. The Hall–Kier alpha value is -3.29. The summed E-state index contributed by atoms with van der Waals surface area (Å²) >= 11 is 6.71. The Morgan fingerprint density at radius 2 is 1.78 bits per heavy atom. The third-order valence-corrected chi connectivity index (χ3v) is 7.16. The fourth-order valence-corrected chi connectivity index (χ4v) is 5.15. The summed E-state index contributed by atoms with van der Waals surface area (Å²) in [5, 5.41) is 27.3. The molecule has 0 spiro atoms. The van der Waals surface area contributed by atoms with Crippen molar-refractivity contribution in [2.24, 2.45) is 5.10 Å². The minimum absolute atomic E-state index is 0.0817. The lowest BCUT2D eigenvalue weighted by Crippen LogP contribution is -2.35. The molecule has 0 aliphatic heterocycles. The number of carbonyl (C=O) groups is 2. The van der Waals surface area contributed by atoms with Crippen LogP contribution in [0.2, 0.25) is 5.02 Å². The lowest BCUT2D eigenvalue weighted by atomic mass is 10.1. The molecule has 2 amide bonds. The van der Waals surface area contributed by atoms with E-state index in [4.69, 9.17) is 11.6 Å². The fraction of sp³-hybridized carbons (Fsp3) is 0.321. The summed E-state index contributed by atoms with van der Waals surface area (Å²) in [6, 6.07) is 10.1. The maximum absolute atomic E-state index is 13.1. The van der Waals surface area contributed by atoms with E-state index in [1.807, 2.05) is 11.0 Å². The molecule has 2 unspecified atom stereocenters. The Bertz CT molecular complexity index is 1400. The fourth-order valence-electron chi connectivity index (χ4n) is 4.03. The summed E-state index contributed by atoms with van der Waals surface area (Å²) in [7, 11) is 0. The summed E-state index contributed by atoms with van der Waals surface area (Å²) < 4.78 is 39.3. The highest BCUT2D eigenvalue weighted by Crippen LogP contribution is 2.35. The monoisotopic (exact) mass is 610 g/mol. The average Bonchev–Trinajstić information content (AvgIpc) is 3.23. The van der Waals surface area contributed by atoms with Crippen LogP contribution in [0.25, 0.3) is 0 Å². The van der Waals surface area contributed by atoms with Crippen molar-refractivity contribution < 1.29 is 33.0 Å². The van der Waals surface area contributed by atoms with Gasteiger partial charge in [-0.05, 0) is 67.1 Å². The number of hydrazone groups is 1. The molecule has 220 valence electrons. The van der Waals surface area contributed by atoms with Crippen LogP contribution in [-0.2, 0) is 12.7 Å². The number of aliphatic hydroxyl groups excluding tert-OH is 2. The zero-order valence-corrected chi connectivity index (χ0v) is 24.1. The summed E-state index contributed by atoms with van der Waals surface area (Å²) in [4.78, 5) is 28.0. The van der Waals surface area contributed by atoms with Crippen molar-refractivity contribution in [1.29, 1.82) is 0 Å². The van der Waals surface area contributed by atoms with Crippen molar-refractivity contribution in [3.8, 4) is 0 Å². The van der Waals surface area contributed by atoms with E-state index in [1.165, 1.54) is 6.07 Å². The van der Waals surface area contributed by atoms with Gasteiger partial charge < -0.3 is 15.5 Å². The maximum atomic E-state index is 13.1. The molecule has 0 radical (unpaired) electrons.